The maximum atomic E-state index is 9.91. The molecule has 0 heterocycles. The molecule has 2 nitrogen and oxygen atoms in total. The van der Waals surface area contributed by atoms with Crippen LogP contribution in [0.3, 0.4) is 0 Å². The minimum absolute atomic E-state index is 0.140. The van der Waals surface area contributed by atoms with E-state index in [2.05, 4.69) is 39.5 Å². The Balaban J connectivity index is 4.00. The summed E-state index contributed by atoms with van der Waals surface area (Å²) in [6, 6.07) is 0. The van der Waals surface area contributed by atoms with E-state index < -0.39 is 0 Å². The molecule has 0 radical (unpaired) electrons. The van der Waals surface area contributed by atoms with Crippen molar-refractivity contribution in [3.05, 3.63) is 0 Å². The van der Waals surface area contributed by atoms with Gasteiger partial charge in [-0.1, -0.05) is 41.0 Å². The van der Waals surface area contributed by atoms with Gasteiger partial charge in [0.15, 0.2) is 0 Å². The zero-order chi connectivity index (χ0) is 13.3. The summed E-state index contributed by atoms with van der Waals surface area (Å²) in [6.07, 6.45) is 4.33. The van der Waals surface area contributed by atoms with Crippen LogP contribution in [0.2, 0.25) is 0 Å². The van der Waals surface area contributed by atoms with Gasteiger partial charge in [0.1, 0.15) is 0 Å². The number of aliphatic hydroxyl groups excluding tert-OH is 1. The lowest BCUT2D eigenvalue weighted by Gasteiger charge is -2.26. The third kappa shape index (κ3) is 10.8. The molecule has 0 saturated carbocycles. The Bertz CT molecular complexity index is 156. The van der Waals surface area contributed by atoms with Crippen LogP contribution in [0.4, 0.5) is 0 Å². The SMILES string of the molecule is CCCC(O)CN(CCC(C)C)CCC(C)C. The average molecular weight is 243 g/mol. The second-order valence-corrected chi connectivity index (χ2v) is 6.11. The van der Waals surface area contributed by atoms with Crippen LogP contribution < -0.4 is 0 Å². The van der Waals surface area contributed by atoms with Crippen LogP contribution in [-0.4, -0.2) is 35.7 Å². The minimum Gasteiger partial charge on any atom is -0.392 e. The molecule has 0 aromatic heterocycles. The van der Waals surface area contributed by atoms with E-state index in [0.29, 0.717) is 0 Å². The molecule has 2 heteroatoms. The Labute approximate surface area is 108 Å². The van der Waals surface area contributed by atoms with Gasteiger partial charge in [-0.3, -0.25) is 0 Å². The topological polar surface area (TPSA) is 23.5 Å². The molecule has 1 unspecified atom stereocenters. The quantitative estimate of drug-likeness (QED) is 0.634. The molecule has 0 aliphatic heterocycles. The number of hydrogen-bond acceptors (Lipinski definition) is 2. The van der Waals surface area contributed by atoms with Gasteiger partial charge in [-0.15, -0.1) is 0 Å². The summed E-state index contributed by atoms with van der Waals surface area (Å²) in [7, 11) is 0. The van der Waals surface area contributed by atoms with Gasteiger partial charge >= 0.3 is 0 Å². The Hall–Kier alpha value is -0.0800. The van der Waals surface area contributed by atoms with Crippen molar-refractivity contribution < 1.29 is 5.11 Å². The monoisotopic (exact) mass is 243 g/mol. The largest absolute Gasteiger partial charge is 0.392 e. The van der Waals surface area contributed by atoms with Crippen molar-refractivity contribution in [2.75, 3.05) is 19.6 Å². The number of rotatable bonds is 10. The Morgan fingerprint density at radius 3 is 1.71 bits per heavy atom. The fourth-order valence-corrected chi connectivity index (χ4v) is 1.90. The first-order valence-electron chi connectivity index (χ1n) is 7.36. The van der Waals surface area contributed by atoms with Crippen molar-refractivity contribution in [3.63, 3.8) is 0 Å². The molecule has 0 aliphatic rings. The highest BCUT2D eigenvalue weighted by Crippen LogP contribution is 2.08. The zero-order valence-corrected chi connectivity index (χ0v) is 12.6. The van der Waals surface area contributed by atoms with E-state index in [0.717, 1.165) is 44.3 Å². The van der Waals surface area contributed by atoms with Crippen LogP contribution >= 0.6 is 0 Å². The fourth-order valence-electron chi connectivity index (χ4n) is 1.90. The molecule has 0 aromatic carbocycles. The second-order valence-electron chi connectivity index (χ2n) is 6.11. The van der Waals surface area contributed by atoms with Gasteiger partial charge in [-0.05, 0) is 44.2 Å². The first kappa shape index (κ1) is 16.9. The lowest BCUT2D eigenvalue weighted by atomic mass is 10.1. The number of hydrogen-bond donors (Lipinski definition) is 1. The van der Waals surface area contributed by atoms with Gasteiger partial charge in [0.25, 0.3) is 0 Å². The minimum atomic E-state index is -0.140. The lowest BCUT2D eigenvalue weighted by Crippen LogP contribution is -2.35. The van der Waals surface area contributed by atoms with E-state index in [4.69, 9.17) is 0 Å². The molecule has 0 fully saturated rings. The van der Waals surface area contributed by atoms with Gasteiger partial charge < -0.3 is 10.0 Å². The lowest BCUT2D eigenvalue weighted by molar-refractivity contribution is 0.0991. The van der Waals surface area contributed by atoms with Crippen LogP contribution in [0.15, 0.2) is 0 Å². The summed E-state index contributed by atoms with van der Waals surface area (Å²) in [6.45, 7) is 14.3. The smallest absolute Gasteiger partial charge is 0.0667 e. The molecule has 0 rings (SSSR count). The average Bonchev–Trinajstić information content (AvgIpc) is 2.22. The van der Waals surface area contributed by atoms with E-state index in [-0.39, 0.29) is 6.10 Å². The highest BCUT2D eigenvalue weighted by Gasteiger charge is 2.12. The summed E-state index contributed by atoms with van der Waals surface area (Å²) in [5.41, 5.74) is 0. The normalized spacial score (nSPS) is 13.9. The summed E-state index contributed by atoms with van der Waals surface area (Å²) in [4.78, 5) is 2.44. The first-order valence-corrected chi connectivity index (χ1v) is 7.36. The fraction of sp³-hybridized carbons (Fsp3) is 1.00. The highest BCUT2D eigenvalue weighted by atomic mass is 16.3. The zero-order valence-electron chi connectivity index (χ0n) is 12.6. The van der Waals surface area contributed by atoms with Crippen molar-refractivity contribution in [1.82, 2.24) is 4.90 Å². The van der Waals surface area contributed by atoms with Crippen molar-refractivity contribution in [3.8, 4) is 0 Å². The van der Waals surface area contributed by atoms with Crippen LogP contribution in [0.25, 0.3) is 0 Å². The molecule has 0 saturated heterocycles. The number of nitrogens with zero attached hydrogens (tertiary/aromatic N) is 1. The molecule has 0 aromatic rings. The molecule has 0 amide bonds. The molecule has 0 aliphatic carbocycles. The standard InChI is InChI=1S/C15H33NO/c1-6-7-15(17)12-16(10-8-13(2)3)11-9-14(4)5/h13-15,17H,6-12H2,1-5H3. The molecule has 1 atom stereocenters. The van der Waals surface area contributed by atoms with E-state index >= 15 is 0 Å². The Morgan fingerprint density at radius 1 is 0.882 bits per heavy atom. The molecular weight excluding hydrogens is 210 g/mol. The van der Waals surface area contributed by atoms with Crippen molar-refractivity contribution in [1.29, 1.82) is 0 Å². The summed E-state index contributed by atoms with van der Waals surface area (Å²) in [5, 5.41) is 9.91. The van der Waals surface area contributed by atoms with Gasteiger partial charge in [0, 0.05) is 6.54 Å². The molecule has 0 spiro atoms. The highest BCUT2D eigenvalue weighted by molar-refractivity contribution is 4.66. The number of aliphatic hydroxyl groups is 1. The van der Waals surface area contributed by atoms with Gasteiger partial charge in [-0.25, -0.2) is 0 Å². The predicted molar refractivity (Wildman–Crippen MR) is 76.3 cm³/mol. The molecular formula is C15H33NO. The van der Waals surface area contributed by atoms with Crippen LogP contribution in [-0.2, 0) is 0 Å². The van der Waals surface area contributed by atoms with Crippen LogP contribution in [0.5, 0.6) is 0 Å². The summed E-state index contributed by atoms with van der Waals surface area (Å²) >= 11 is 0. The third-order valence-electron chi connectivity index (χ3n) is 3.14. The first-order chi connectivity index (χ1) is 7.95. The predicted octanol–water partition coefficient (Wildman–Crippen LogP) is 3.54. The second kappa shape index (κ2) is 9.90. The molecule has 0 bridgehead atoms. The van der Waals surface area contributed by atoms with Crippen molar-refractivity contribution in [2.45, 2.75) is 66.4 Å². The Morgan fingerprint density at radius 2 is 1.35 bits per heavy atom. The van der Waals surface area contributed by atoms with Crippen molar-refractivity contribution in [2.24, 2.45) is 11.8 Å². The molecule has 1 N–H and O–H groups in total. The van der Waals surface area contributed by atoms with Gasteiger partial charge in [0.2, 0.25) is 0 Å². The van der Waals surface area contributed by atoms with Crippen LogP contribution in [0.1, 0.15) is 60.3 Å². The molecule has 104 valence electrons. The van der Waals surface area contributed by atoms with E-state index in [1.165, 1.54) is 12.8 Å². The summed E-state index contributed by atoms with van der Waals surface area (Å²) in [5.74, 6) is 1.50. The van der Waals surface area contributed by atoms with Gasteiger partial charge in [-0.2, -0.15) is 0 Å². The maximum Gasteiger partial charge on any atom is 0.0667 e. The van der Waals surface area contributed by atoms with Crippen LogP contribution in [0, 0.1) is 11.8 Å². The third-order valence-corrected chi connectivity index (χ3v) is 3.14. The van der Waals surface area contributed by atoms with E-state index in [1.54, 1.807) is 0 Å². The van der Waals surface area contributed by atoms with Gasteiger partial charge in [0.05, 0.1) is 6.10 Å². The summed E-state index contributed by atoms with van der Waals surface area (Å²) < 4.78 is 0. The maximum absolute atomic E-state index is 9.91. The van der Waals surface area contributed by atoms with Crippen molar-refractivity contribution >= 4 is 0 Å². The van der Waals surface area contributed by atoms with E-state index in [9.17, 15) is 5.11 Å². The van der Waals surface area contributed by atoms with E-state index in [1.807, 2.05) is 0 Å². The Kier molecular flexibility index (Phi) is 9.85. The molecule has 17 heavy (non-hydrogen) atoms.